The molecule has 0 radical (unpaired) electrons. The van der Waals surface area contributed by atoms with Gasteiger partial charge in [0.05, 0.1) is 25.4 Å². The number of aromatic carboxylic acids is 1. The molecule has 0 saturated heterocycles. The maximum Gasteiger partial charge on any atom is 0.266 e. The number of rotatable bonds is 7. The molecule has 0 saturated carbocycles. The van der Waals surface area contributed by atoms with Gasteiger partial charge in [-0.2, -0.15) is 5.26 Å². The lowest BCUT2D eigenvalue weighted by Crippen LogP contribution is -2.25. The molecule has 7 nitrogen and oxygen atoms in total. The zero-order valence-electron chi connectivity index (χ0n) is 14.8. The van der Waals surface area contributed by atoms with Gasteiger partial charge in [0.25, 0.3) is 5.91 Å². The number of anilines is 1. The molecule has 7 heteroatoms. The molecular formula is C20H17N2O5-. The Bertz CT molecular complexity index is 928. The molecule has 0 fully saturated rings. The zero-order valence-corrected chi connectivity index (χ0v) is 14.8. The molecule has 138 valence electrons. The highest BCUT2D eigenvalue weighted by molar-refractivity contribution is 6.11. The van der Waals surface area contributed by atoms with E-state index in [-0.39, 0.29) is 16.8 Å². The van der Waals surface area contributed by atoms with Gasteiger partial charge in [-0.25, -0.2) is 0 Å². The predicted molar refractivity (Wildman–Crippen MR) is 97.2 cm³/mol. The van der Waals surface area contributed by atoms with E-state index in [1.54, 1.807) is 24.3 Å². The van der Waals surface area contributed by atoms with Crippen molar-refractivity contribution < 1.29 is 24.2 Å². The van der Waals surface area contributed by atoms with Crippen LogP contribution in [0.25, 0.3) is 6.08 Å². The maximum atomic E-state index is 12.4. The summed E-state index contributed by atoms with van der Waals surface area (Å²) in [5.41, 5.74) is 0.231. The van der Waals surface area contributed by atoms with Crippen molar-refractivity contribution in [3.63, 3.8) is 0 Å². The number of para-hydroxylation sites is 1. The van der Waals surface area contributed by atoms with Gasteiger partial charge in [0.2, 0.25) is 0 Å². The summed E-state index contributed by atoms with van der Waals surface area (Å²) in [4.78, 5) is 23.5. The molecule has 0 atom stereocenters. The van der Waals surface area contributed by atoms with Crippen LogP contribution in [0.15, 0.2) is 48.0 Å². The first-order valence-corrected chi connectivity index (χ1v) is 8.04. The number of ether oxygens (including phenoxy) is 2. The molecule has 27 heavy (non-hydrogen) atoms. The Morgan fingerprint density at radius 1 is 1.22 bits per heavy atom. The molecule has 0 aliphatic carbocycles. The number of carboxylic acids is 1. The molecule has 0 aliphatic heterocycles. The minimum atomic E-state index is -1.43. The average molecular weight is 365 g/mol. The maximum absolute atomic E-state index is 12.4. The smallest absolute Gasteiger partial charge is 0.266 e. The summed E-state index contributed by atoms with van der Waals surface area (Å²) in [6.07, 6.45) is 1.37. The molecule has 0 aromatic heterocycles. The first-order valence-electron chi connectivity index (χ1n) is 8.04. The van der Waals surface area contributed by atoms with Crippen LogP contribution in [-0.2, 0) is 4.79 Å². The van der Waals surface area contributed by atoms with Gasteiger partial charge in [-0.05, 0) is 36.8 Å². The first-order chi connectivity index (χ1) is 13.0. The molecule has 0 unspecified atom stereocenters. The number of benzene rings is 2. The van der Waals surface area contributed by atoms with Crippen LogP contribution < -0.4 is 19.9 Å². The molecule has 0 bridgehead atoms. The lowest BCUT2D eigenvalue weighted by Gasteiger charge is -2.11. The summed E-state index contributed by atoms with van der Waals surface area (Å²) in [5.74, 6) is -1.15. The Balaban J connectivity index is 2.31. The highest BCUT2D eigenvalue weighted by Gasteiger charge is 2.13. The second kappa shape index (κ2) is 9.06. The number of hydrogen-bond donors (Lipinski definition) is 1. The Morgan fingerprint density at radius 3 is 2.59 bits per heavy atom. The third kappa shape index (κ3) is 4.86. The van der Waals surface area contributed by atoms with Crippen LogP contribution >= 0.6 is 0 Å². The molecular weight excluding hydrogens is 348 g/mol. The summed E-state index contributed by atoms with van der Waals surface area (Å²) >= 11 is 0. The van der Waals surface area contributed by atoms with Crippen LogP contribution in [0.3, 0.4) is 0 Å². The van der Waals surface area contributed by atoms with Crippen LogP contribution in [0.4, 0.5) is 5.69 Å². The van der Waals surface area contributed by atoms with Crippen LogP contribution in [-0.4, -0.2) is 25.6 Å². The van der Waals surface area contributed by atoms with Crippen molar-refractivity contribution >= 4 is 23.6 Å². The highest BCUT2D eigenvalue weighted by Crippen LogP contribution is 2.29. The van der Waals surface area contributed by atoms with E-state index in [2.05, 4.69) is 5.32 Å². The molecule has 2 rings (SSSR count). The van der Waals surface area contributed by atoms with E-state index in [1.165, 1.54) is 31.4 Å². The summed E-state index contributed by atoms with van der Waals surface area (Å²) < 4.78 is 10.7. The van der Waals surface area contributed by atoms with E-state index in [0.29, 0.717) is 23.7 Å². The molecule has 1 N–H and O–H groups in total. The van der Waals surface area contributed by atoms with E-state index in [9.17, 15) is 20.0 Å². The van der Waals surface area contributed by atoms with Crippen LogP contribution in [0.2, 0.25) is 0 Å². The van der Waals surface area contributed by atoms with Crippen molar-refractivity contribution in [1.82, 2.24) is 0 Å². The standard InChI is InChI=1S/C20H18N2O5/c1-3-27-18-11-13(8-9-17(18)26-2)10-14(12-21)19(23)22-16-7-5-4-6-15(16)20(24)25/h4-11H,3H2,1-2H3,(H,22,23)(H,24,25)/p-1/b14-10+. The van der Waals surface area contributed by atoms with Gasteiger partial charge in [0.1, 0.15) is 11.6 Å². The highest BCUT2D eigenvalue weighted by atomic mass is 16.5. The number of amides is 1. The minimum absolute atomic E-state index is 0.0494. The van der Waals surface area contributed by atoms with Gasteiger partial charge in [0.15, 0.2) is 11.5 Å². The largest absolute Gasteiger partial charge is 0.545 e. The van der Waals surface area contributed by atoms with Crippen LogP contribution in [0, 0.1) is 11.3 Å². The van der Waals surface area contributed by atoms with Crippen LogP contribution in [0.5, 0.6) is 11.5 Å². The van der Waals surface area contributed by atoms with E-state index >= 15 is 0 Å². The van der Waals surface area contributed by atoms with Gasteiger partial charge in [-0.15, -0.1) is 0 Å². The van der Waals surface area contributed by atoms with E-state index in [4.69, 9.17) is 9.47 Å². The molecule has 0 aliphatic rings. The summed E-state index contributed by atoms with van der Waals surface area (Å²) in [6, 6.07) is 12.6. The number of nitriles is 1. The van der Waals surface area contributed by atoms with Crippen LogP contribution in [0.1, 0.15) is 22.8 Å². The van der Waals surface area contributed by atoms with Gasteiger partial charge in [0, 0.05) is 5.56 Å². The fourth-order valence-corrected chi connectivity index (χ4v) is 2.33. The van der Waals surface area contributed by atoms with Crippen molar-refractivity contribution in [1.29, 1.82) is 5.26 Å². The van der Waals surface area contributed by atoms with E-state index in [0.717, 1.165) is 0 Å². The lowest BCUT2D eigenvalue weighted by molar-refractivity contribution is -0.254. The molecule has 2 aromatic carbocycles. The predicted octanol–water partition coefficient (Wildman–Crippen LogP) is 2.00. The van der Waals surface area contributed by atoms with Gasteiger partial charge < -0.3 is 24.7 Å². The Hall–Kier alpha value is -3.79. The second-order valence-electron chi connectivity index (χ2n) is 5.30. The summed E-state index contributed by atoms with van der Waals surface area (Å²) in [7, 11) is 1.51. The first kappa shape index (κ1) is 19.5. The summed E-state index contributed by atoms with van der Waals surface area (Å²) in [5, 5.41) is 22.9. The Labute approximate surface area is 156 Å². The number of methoxy groups -OCH3 is 1. The van der Waals surface area contributed by atoms with Gasteiger partial charge >= 0.3 is 0 Å². The van der Waals surface area contributed by atoms with Crippen molar-refractivity contribution in [3.8, 4) is 17.6 Å². The third-order valence-electron chi connectivity index (χ3n) is 3.56. The number of carbonyl (C=O) groups excluding carboxylic acids is 2. The molecule has 0 spiro atoms. The normalized spacial score (nSPS) is 10.6. The number of nitrogens with one attached hydrogen (secondary N) is 1. The quantitative estimate of drug-likeness (QED) is 0.593. The monoisotopic (exact) mass is 365 g/mol. The average Bonchev–Trinajstić information content (AvgIpc) is 2.66. The topological polar surface area (TPSA) is 111 Å². The van der Waals surface area contributed by atoms with Crippen molar-refractivity contribution in [2.45, 2.75) is 6.92 Å². The van der Waals surface area contributed by atoms with E-state index in [1.807, 2.05) is 13.0 Å². The van der Waals surface area contributed by atoms with Crippen molar-refractivity contribution in [3.05, 3.63) is 59.2 Å². The minimum Gasteiger partial charge on any atom is -0.545 e. The van der Waals surface area contributed by atoms with Gasteiger partial charge in [-0.1, -0.05) is 24.3 Å². The number of nitrogens with zero attached hydrogens (tertiary/aromatic N) is 1. The number of hydrogen-bond acceptors (Lipinski definition) is 6. The SMILES string of the molecule is CCOc1cc(/C=C(\C#N)C(=O)Nc2ccccc2C(=O)[O-])ccc1OC. The van der Waals surface area contributed by atoms with Crippen molar-refractivity contribution in [2.75, 3.05) is 19.0 Å². The second-order valence-corrected chi connectivity index (χ2v) is 5.30. The molecule has 2 aromatic rings. The van der Waals surface area contributed by atoms with Crippen molar-refractivity contribution in [2.24, 2.45) is 0 Å². The van der Waals surface area contributed by atoms with E-state index < -0.39 is 11.9 Å². The van der Waals surface area contributed by atoms with Gasteiger partial charge in [-0.3, -0.25) is 4.79 Å². The zero-order chi connectivity index (χ0) is 19.8. The third-order valence-corrected chi connectivity index (χ3v) is 3.56. The molecule has 1 amide bonds. The Kier molecular flexibility index (Phi) is 6.55. The molecule has 0 heterocycles. The number of carbonyl (C=O) groups is 2. The fraction of sp³-hybridized carbons (Fsp3) is 0.150. The fourth-order valence-electron chi connectivity index (χ4n) is 2.33. The Morgan fingerprint density at radius 2 is 1.96 bits per heavy atom. The number of carboxylic acid groups (broad SMARTS) is 1. The summed E-state index contributed by atoms with van der Waals surface area (Å²) in [6.45, 7) is 2.25. The lowest BCUT2D eigenvalue weighted by atomic mass is 10.1.